The number of carbonyl (C=O) groups excluding carboxylic acids is 1. The van der Waals surface area contributed by atoms with E-state index in [9.17, 15) is 13.2 Å². The van der Waals surface area contributed by atoms with Gasteiger partial charge >= 0.3 is 0 Å². The maximum absolute atomic E-state index is 12.9. The van der Waals surface area contributed by atoms with Crippen molar-refractivity contribution < 1.29 is 13.2 Å². The lowest BCUT2D eigenvalue weighted by molar-refractivity contribution is -0.135. The Morgan fingerprint density at radius 3 is 2.63 bits per heavy atom. The molecule has 5 nitrogen and oxygen atoms in total. The van der Waals surface area contributed by atoms with Crippen LogP contribution >= 0.6 is 22.9 Å². The van der Waals surface area contributed by atoms with Crippen LogP contribution in [0.5, 0.6) is 0 Å². The van der Waals surface area contributed by atoms with Gasteiger partial charge in [0.15, 0.2) is 0 Å². The lowest BCUT2D eigenvalue weighted by Gasteiger charge is -2.33. The fourth-order valence-corrected chi connectivity index (χ4v) is 5.90. The van der Waals surface area contributed by atoms with E-state index >= 15 is 0 Å². The van der Waals surface area contributed by atoms with Crippen LogP contribution in [0.1, 0.15) is 23.3 Å². The molecule has 2 aromatic rings. The molecule has 1 saturated heterocycles. The number of sulfonamides is 1. The number of hydrogen-bond acceptors (Lipinski definition) is 4. The highest BCUT2D eigenvalue weighted by molar-refractivity contribution is 7.89. The van der Waals surface area contributed by atoms with Gasteiger partial charge in [0.2, 0.25) is 15.9 Å². The van der Waals surface area contributed by atoms with Crippen molar-refractivity contribution in [2.24, 2.45) is 5.92 Å². The molecule has 1 aliphatic heterocycles. The predicted octanol–water partition coefficient (Wildman–Crippen LogP) is 3.77. The largest absolute Gasteiger partial charge is 0.340 e. The molecule has 1 aromatic heterocycles. The van der Waals surface area contributed by atoms with E-state index in [-0.39, 0.29) is 23.3 Å². The van der Waals surface area contributed by atoms with Crippen molar-refractivity contribution in [3.63, 3.8) is 0 Å². The average Bonchev–Trinajstić information content (AvgIpc) is 3.06. The summed E-state index contributed by atoms with van der Waals surface area (Å²) in [4.78, 5) is 16.0. The first-order valence-electron chi connectivity index (χ1n) is 8.82. The summed E-state index contributed by atoms with van der Waals surface area (Å²) in [7, 11) is -1.84. The number of halogens is 1. The Kier molecular flexibility index (Phi) is 6.25. The van der Waals surface area contributed by atoms with Gasteiger partial charge in [0.1, 0.15) is 0 Å². The highest BCUT2D eigenvalue weighted by Crippen LogP contribution is 2.26. The van der Waals surface area contributed by atoms with Crippen molar-refractivity contribution in [2.75, 3.05) is 20.1 Å². The molecule has 8 heteroatoms. The predicted molar refractivity (Wildman–Crippen MR) is 108 cm³/mol. The van der Waals surface area contributed by atoms with Crippen molar-refractivity contribution in [3.05, 3.63) is 51.2 Å². The number of benzene rings is 1. The molecule has 1 unspecified atom stereocenters. The standard InChI is InChI=1S/C19H23ClN2O3S2/c1-14-9-11-26-18(14)13-21(2)19(23)15-4-3-10-22(12-15)27(24,25)17-7-5-16(20)6-8-17/h5-9,11,15H,3-4,10,12-13H2,1-2H3. The smallest absolute Gasteiger partial charge is 0.243 e. The summed E-state index contributed by atoms with van der Waals surface area (Å²) < 4.78 is 27.2. The molecule has 2 heterocycles. The van der Waals surface area contributed by atoms with Gasteiger partial charge in [-0.05, 0) is 61.0 Å². The Morgan fingerprint density at radius 2 is 2.00 bits per heavy atom. The Hall–Kier alpha value is -1.41. The van der Waals surface area contributed by atoms with Gasteiger partial charge in [0, 0.05) is 30.0 Å². The first kappa shape index (κ1) is 20.3. The number of hydrogen-bond donors (Lipinski definition) is 0. The topological polar surface area (TPSA) is 57.7 Å². The number of nitrogens with zero attached hydrogens (tertiary/aromatic N) is 2. The van der Waals surface area contributed by atoms with Crippen molar-refractivity contribution in [1.82, 2.24) is 9.21 Å². The van der Waals surface area contributed by atoms with Gasteiger partial charge in [-0.2, -0.15) is 4.31 Å². The second-order valence-electron chi connectivity index (χ2n) is 6.88. The van der Waals surface area contributed by atoms with Gasteiger partial charge in [-0.15, -0.1) is 11.3 Å². The van der Waals surface area contributed by atoms with E-state index in [4.69, 9.17) is 11.6 Å². The molecule has 1 atom stereocenters. The van der Waals surface area contributed by atoms with Crippen LogP contribution < -0.4 is 0 Å². The summed E-state index contributed by atoms with van der Waals surface area (Å²) in [5.41, 5.74) is 1.18. The Morgan fingerprint density at radius 1 is 1.30 bits per heavy atom. The average molecular weight is 427 g/mol. The number of amides is 1. The van der Waals surface area contributed by atoms with Crippen molar-refractivity contribution in [2.45, 2.75) is 31.2 Å². The minimum Gasteiger partial charge on any atom is -0.340 e. The SMILES string of the molecule is Cc1ccsc1CN(C)C(=O)C1CCCN(S(=O)(=O)c2ccc(Cl)cc2)C1. The molecule has 0 radical (unpaired) electrons. The fourth-order valence-electron chi connectivity index (χ4n) is 3.29. The summed E-state index contributed by atoms with van der Waals surface area (Å²) in [5.74, 6) is -0.315. The van der Waals surface area contributed by atoms with Crippen LogP contribution in [0.25, 0.3) is 0 Å². The monoisotopic (exact) mass is 426 g/mol. The molecule has 1 aromatic carbocycles. The van der Waals surface area contributed by atoms with Crippen LogP contribution in [0.3, 0.4) is 0 Å². The van der Waals surface area contributed by atoms with E-state index in [1.165, 1.54) is 22.0 Å². The molecule has 0 aliphatic carbocycles. The molecule has 27 heavy (non-hydrogen) atoms. The molecule has 3 rings (SSSR count). The zero-order valence-electron chi connectivity index (χ0n) is 15.4. The van der Waals surface area contributed by atoms with Crippen molar-refractivity contribution in [3.8, 4) is 0 Å². The number of thiophene rings is 1. The lowest BCUT2D eigenvalue weighted by atomic mass is 9.98. The van der Waals surface area contributed by atoms with Crippen LogP contribution in [0.4, 0.5) is 0 Å². The van der Waals surface area contributed by atoms with Crippen LogP contribution in [0.2, 0.25) is 5.02 Å². The third-order valence-electron chi connectivity index (χ3n) is 4.91. The Bertz CT molecular complexity index is 909. The Labute approximate surface area is 169 Å². The van der Waals surface area contributed by atoms with Gasteiger partial charge in [-0.3, -0.25) is 4.79 Å². The summed E-state index contributed by atoms with van der Waals surface area (Å²) in [6.07, 6.45) is 1.38. The minimum absolute atomic E-state index is 0.00111. The maximum atomic E-state index is 12.9. The van der Waals surface area contributed by atoms with Gasteiger partial charge in [0.25, 0.3) is 0 Å². The molecule has 1 amide bonds. The quantitative estimate of drug-likeness (QED) is 0.731. The summed E-state index contributed by atoms with van der Waals surface area (Å²) in [6, 6.07) is 8.19. The normalized spacial score (nSPS) is 18.4. The van der Waals surface area contributed by atoms with Crippen molar-refractivity contribution >= 4 is 38.9 Å². The summed E-state index contributed by atoms with van der Waals surface area (Å²) in [6.45, 7) is 3.24. The number of piperidine rings is 1. The zero-order chi connectivity index (χ0) is 19.6. The highest BCUT2D eigenvalue weighted by Gasteiger charge is 2.34. The van der Waals surface area contributed by atoms with E-state index in [1.54, 1.807) is 35.4 Å². The molecular formula is C19H23ClN2O3S2. The molecule has 0 N–H and O–H groups in total. The Balaban J connectivity index is 1.70. The maximum Gasteiger partial charge on any atom is 0.243 e. The summed E-state index contributed by atoms with van der Waals surface area (Å²) in [5, 5.41) is 2.51. The van der Waals surface area contributed by atoms with E-state index < -0.39 is 10.0 Å². The molecule has 146 valence electrons. The van der Waals surface area contributed by atoms with Crippen LogP contribution in [0.15, 0.2) is 40.6 Å². The lowest BCUT2D eigenvalue weighted by Crippen LogP contribution is -2.45. The molecular weight excluding hydrogens is 404 g/mol. The first-order chi connectivity index (χ1) is 12.8. The molecule has 0 spiro atoms. The van der Waals surface area contributed by atoms with Crippen LogP contribution in [-0.2, 0) is 21.4 Å². The van der Waals surface area contributed by atoms with Gasteiger partial charge in [-0.25, -0.2) is 8.42 Å². The fraction of sp³-hybridized carbons (Fsp3) is 0.421. The first-order valence-corrected chi connectivity index (χ1v) is 11.5. The van der Waals surface area contributed by atoms with E-state index in [0.717, 1.165) is 4.88 Å². The van der Waals surface area contributed by atoms with E-state index in [2.05, 4.69) is 0 Å². The third kappa shape index (κ3) is 4.54. The van der Waals surface area contributed by atoms with E-state index in [1.807, 2.05) is 18.4 Å². The number of carbonyl (C=O) groups is 1. The molecule has 0 bridgehead atoms. The third-order valence-corrected chi connectivity index (χ3v) is 8.05. The molecule has 1 fully saturated rings. The van der Waals surface area contributed by atoms with Gasteiger partial charge in [-0.1, -0.05) is 11.6 Å². The highest BCUT2D eigenvalue weighted by atomic mass is 35.5. The molecule has 0 saturated carbocycles. The van der Waals surface area contributed by atoms with Gasteiger partial charge in [0.05, 0.1) is 17.4 Å². The number of aryl methyl sites for hydroxylation is 1. The van der Waals surface area contributed by atoms with Crippen LogP contribution in [-0.4, -0.2) is 43.7 Å². The van der Waals surface area contributed by atoms with Crippen molar-refractivity contribution in [1.29, 1.82) is 0 Å². The van der Waals surface area contributed by atoms with Gasteiger partial charge < -0.3 is 4.90 Å². The van der Waals surface area contributed by atoms with E-state index in [0.29, 0.717) is 31.0 Å². The summed E-state index contributed by atoms with van der Waals surface area (Å²) >= 11 is 7.49. The number of rotatable bonds is 5. The molecule has 1 aliphatic rings. The second kappa shape index (κ2) is 8.31. The van der Waals surface area contributed by atoms with Crippen LogP contribution in [0, 0.1) is 12.8 Å². The zero-order valence-corrected chi connectivity index (χ0v) is 17.8. The second-order valence-corrected chi connectivity index (χ2v) is 10.3. The minimum atomic E-state index is -3.62.